The molecule has 0 aliphatic heterocycles. The molecule has 21 heavy (non-hydrogen) atoms. The molecule has 0 heterocycles. The van der Waals surface area contributed by atoms with E-state index in [0.29, 0.717) is 6.61 Å². The summed E-state index contributed by atoms with van der Waals surface area (Å²) in [6.45, 7) is 3.20. The van der Waals surface area contributed by atoms with Crippen molar-refractivity contribution in [1.82, 2.24) is 0 Å². The summed E-state index contributed by atoms with van der Waals surface area (Å²) in [5.41, 5.74) is 1.85. The highest BCUT2D eigenvalue weighted by molar-refractivity contribution is 5.84. The van der Waals surface area contributed by atoms with E-state index in [1.807, 2.05) is 24.3 Å². The van der Waals surface area contributed by atoms with Gasteiger partial charge in [-0.25, -0.2) is 4.79 Å². The summed E-state index contributed by atoms with van der Waals surface area (Å²) >= 11 is 0. The summed E-state index contributed by atoms with van der Waals surface area (Å²) in [6.07, 6.45) is 7.85. The number of hydrogen-bond donors (Lipinski definition) is 2. The van der Waals surface area contributed by atoms with Crippen molar-refractivity contribution < 1.29 is 9.53 Å². The second-order valence-electron chi connectivity index (χ2n) is 5.64. The highest BCUT2D eigenvalue weighted by Crippen LogP contribution is 2.26. The Hall–Kier alpha value is -1.71. The van der Waals surface area contributed by atoms with Gasteiger partial charge in [-0.1, -0.05) is 32.1 Å². The lowest BCUT2D eigenvalue weighted by molar-refractivity contribution is 0.168. The number of nitrogens with one attached hydrogen (secondary N) is 2. The third-order valence-electron chi connectivity index (χ3n) is 4.01. The van der Waals surface area contributed by atoms with Crippen LogP contribution >= 0.6 is 0 Å². The van der Waals surface area contributed by atoms with Crippen molar-refractivity contribution in [3.05, 3.63) is 24.3 Å². The highest BCUT2D eigenvalue weighted by Gasteiger charge is 2.12. The van der Waals surface area contributed by atoms with Crippen LogP contribution < -0.4 is 10.6 Å². The van der Waals surface area contributed by atoms with Crippen molar-refractivity contribution in [3.8, 4) is 0 Å². The fourth-order valence-electron chi connectivity index (χ4n) is 2.85. The van der Waals surface area contributed by atoms with E-state index in [9.17, 15) is 4.79 Å². The minimum absolute atomic E-state index is 0.382. The Morgan fingerprint density at radius 3 is 2.48 bits per heavy atom. The Kier molecular flexibility index (Phi) is 6.38. The molecule has 1 aromatic carbocycles. The Morgan fingerprint density at radius 1 is 1.14 bits per heavy atom. The normalized spacial score (nSPS) is 15.5. The first kappa shape index (κ1) is 15.7. The van der Waals surface area contributed by atoms with Gasteiger partial charge in [-0.3, -0.25) is 5.32 Å². The molecular formula is C17H26N2O2. The lowest BCUT2D eigenvalue weighted by Gasteiger charge is -2.21. The number of amides is 1. The molecule has 0 spiro atoms. The second kappa shape index (κ2) is 8.55. The third kappa shape index (κ3) is 5.66. The Morgan fingerprint density at radius 2 is 1.81 bits per heavy atom. The van der Waals surface area contributed by atoms with Gasteiger partial charge in [0.25, 0.3) is 0 Å². The zero-order valence-corrected chi connectivity index (χ0v) is 12.9. The van der Waals surface area contributed by atoms with E-state index in [0.717, 1.165) is 23.8 Å². The van der Waals surface area contributed by atoms with Crippen molar-refractivity contribution in [2.45, 2.75) is 45.4 Å². The smallest absolute Gasteiger partial charge is 0.411 e. The van der Waals surface area contributed by atoms with E-state index in [1.54, 1.807) is 6.92 Å². The van der Waals surface area contributed by atoms with Gasteiger partial charge in [0.1, 0.15) is 0 Å². The van der Waals surface area contributed by atoms with Gasteiger partial charge in [0.2, 0.25) is 0 Å². The number of carbonyl (C=O) groups excluding carboxylic acids is 1. The van der Waals surface area contributed by atoms with Gasteiger partial charge in [-0.2, -0.15) is 0 Å². The highest BCUT2D eigenvalue weighted by atomic mass is 16.5. The molecule has 0 saturated heterocycles. The number of rotatable bonds is 6. The minimum Gasteiger partial charge on any atom is -0.450 e. The molecule has 0 unspecified atom stereocenters. The quantitative estimate of drug-likeness (QED) is 0.802. The van der Waals surface area contributed by atoms with E-state index in [-0.39, 0.29) is 0 Å². The topological polar surface area (TPSA) is 50.4 Å². The maximum absolute atomic E-state index is 11.3. The van der Waals surface area contributed by atoms with Gasteiger partial charge >= 0.3 is 6.09 Å². The van der Waals surface area contributed by atoms with Crippen LogP contribution in [0.3, 0.4) is 0 Å². The van der Waals surface area contributed by atoms with Crippen LogP contribution in [-0.4, -0.2) is 19.2 Å². The van der Waals surface area contributed by atoms with Crippen molar-refractivity contribution in [2.24, 2.45) is 5.92 Å². The summed E-state index contributed by atoms with van der Waals surface area (Å²) in [4.78, 5) is 11.3. The lowest BCUT2D eigenvalue weighted by atomic mass is 9.87. The molecule has 116 valence electrons. The Bertz CT molecular complexity index is 425. The molecule has 4 heteroatoms. The minimum atomic E-state index is -0.407. The summed E-state index contributed by atoms with van der Waals surface area (Å²) in [6, 6.07) is 7.75. The van der Waals surface area contributed by atoms with Crippen LogP contribution in [0, 0.1) is 5.92 Å². The summed E-state index contributed by atoms with van der Waals surface area (Å²) in [5, 5.41) is 6.14. The Balaban J connectivity index is 1.70. The number of anilines is 2. The fraction of sp³-hybridized carbons (Fsp3) is 0.588. The summed E-state index contributed by atoms with van der Waals surface area (Å²) < 4.78 is 4.84. The van der Waals surface area contributed by atoms with Crippen LogP contribution in [0.25, 0.3) is 0 Å². The summed E-state index contributed by atoms with van der Waals surface area (Å²) in [7, 11) is 0. The number of carbonyl (C=O) groups is 1. The molecule has 1 aliphatic carbocycles. The van der Waals surface area contributed by atoms with Crippen LogP contribution in [0.5, 0.6) is 0 Å². The summed E-state index contributed by atoms with van der Waals surface area (Å²) in [5.74, 6) is 0.899. The van der Waals surface area contributed by atoms with Crippen molar-refractivity contribution in [1.29, 1.82) is 0 Å². The molecule has 1 aromatic rings. The molecule has 2 rings (SSSR count). The molecule has 1 saturated carbocycles. The average Bonchev–Trinajstić information content (AvgIpc) is 2.50. The van der Waals surface area contributed by atoms with Gasteiger partial charge in [-0.05, 0) is 43.5 Å². The van der Waals surface area contributed by atoms with Crippen LogP contribution in [0.1, 0.15) is 45.4 Å². The van der Waals surface area contributed by atoms with E-state index >= 15 is 0 Å². The molecule has 0 atom stereocenters. The van der Waals surface area contributed by atoms with Crippen molar-refractivity contribution in [2.75, 3.05) is 23.8 Å². The Labute approximate surface area is 127 Å². The maximum atomic E-state index is 11.3. The van der Waals surface area contributed by atoms with Gasteiger partial charge in [-0.15, -0.1) is 0 Å². The van der Waals surface area contributed by atoms with Crippen molar-refractivity contribution in [3.63, 3.8) is 0 Å². The molecule has 0 aromatic heterocycles. The van der Waals surface area contributed by atoms with Crippen LogP contribution in [-0.2, 0) is 4.74 Å². The SMILES string of the molecule is CCOC(=O)Nc1ccc(NCCC2CCCCC2)cc1. The fourth-order valence-corrected chi connectivity index (χ4v) is 2.85. The average molecular weight is 290 g/mol. The van der Waals surface area contributed by atoms with Gasteiger partial charge in [0.15, 0.2) is 0 Å². The first-order valence-electron chi connectivity index (χ1n) is 8.05. The van der Waals surface area contributed by atoms with Crippen LogP contribution in [0.4, 0.5) is 16.2 Å². The maximum Gasteiger partial charge on any atom is 0.411 e. The monoisotopic (exact) mass is 290 g/mol. The predicted octanol–water partition coefficient (Wildman–Crippen LogP) is 4.64. The van der Waals surface area contributed by atoms with Crippen molar-refractivity contribution >= 4 is 17.5 Å². The standard InChI is InChI=1S/C17H26N2O2/c1-2-21-17(20)19-16-10-8-15(9-11-16)18-13-12-14-6-4-3-5-7-14/h8-11,14,18H,2-7,12-13H2,1H3,(H,19,20). The van der Waals surface area contributed by atoms with E-state index in [2.05, 4.69) is 10.6 Å². The van der Waals surface area contributed by atoms with Crippen LogP contribution in [0.15, 0.2) is 24.3 Å². The molecule has 1 aliphatic rings. The van der Waals surface area contributed by atoms with E-state index < -0.39 is 6.09 Å². The second-order valence-corrected chi connectivity index (χ2v) is 5.64. The zero-order valence-electron chi connectivity index (χ0n) is 12.9. The molecule has 0 radical (unpaired) electrons. The molecule has 1 fully saturated rings. The van der Waals surface area contributed by atoms with Gasteiger partial charge in [0, 0.05) is 17.9 Å². The van der Waals surface area contributed by atoms with Gasteiger partial charge < -0.3 is 10.1 Å². The number of ether oxygens (including phenoxy) is 1. The number of hydrogen-bond acceptors (Lipinski definition) is 3. The molecular weight excluding hydrogens is 264 g/mol. The van der Waals surface area contributed by atoms with Crippen LogP contribution in [0.2, 0.25) is 0 Å². The first-order chi connectivity index (χ1) is 10.3. The van der Waals surface area contributed by atoms with Gasteiger partial charge in [0.05, 0.1) is 6.61 Å². The molecule has 4 nitrogen and oxygen atoms in total. The van der Waals surface area contributed by atoms with E-state index in [4.69, 9.17) is 4.74 Å². The molecule has 0 bridgehead atoms. The lowest BCUT2D eigenvalue weighted by Crippen LogP contribution is -2.13. The molecule has 1 amide bonds. The zero-order chi connectivity index (χ0) is 14.9. The number of benzene rings is 1. The first-order valence-corrected chi connectivity index (χ1v) is 8.05. The third-order valence-corrected chi connectivity index (χ3v) is 4.01. The predicted molar refractivity (Wildman–Crippen MR) is 86.8 cm³/mol. The molecule has 2 N–H and O–H groups in total. The van der Waals surface area contributed by atoms with E-state index in [1.165, 1.54) is 38.5 Å². The largest absolute Gasteiger partial charge is 0.450 e.